The molecule has 1 aliphatic rings. The molecule has 7 heteroatoms. The molecule has 0 saturated heterocycles. The van der Waals surface area contributed by atoms with E-state index in [2.05, 4.69) is 10.3 Å². The van der Waals surface area contributed by atoms with Crippen molar-refractivity contribution in [3.63, 3.8) is 0 Å². The molecule has 0 spiro atoms. The van der Waals surface area contributed by atoms with Gasteiger partial charge >= 0.3 is 0 Å². The minimum absolute atomic E-state index is 0.150. The van der Waals surface area contributed by atoms with Gasteiger partial charge in [0.2, 0.25) is 0 Å². The van der Waals surface area contributed by atoms with E-state index in [1.807, 2.05) is 0 Å². The zero-order valence-corrected chi connectivity index (χ0v) is 15.6. The molecule has 1 N–H and O–H groups in total. The van der Waals surface area contributed by atoms with Gasteiger partial charge in [0.25, 0.3) is 17.7 Å². The molecule has 0 radical (unpaired) electrons. The molecule has 0 fully saturated rings. The zero-order chi connectivity index (χ0) is 20.4. The summed E-state index contributed by atoms with van der Waals surface area (Å²) in [5.41, 5.74) is 2.10. The largest absolute Gasteiger partial charge is 0.495 e. The van der Waals surface area contributed by atoms with E-state index in [1.165, 1.54) is 30.2 Å². The van der Waals surface area contributed by atoms with E-state index >= 15 is 0 Å². The average Bonchev–Trinajstić information content (AvgIpc) is 2.99. The molecular formula is C22H17N3O4. The van der Waals surface area contributed by atoms with E-state index < -0.39 is 11.8 Å². The summed E-state index contributed by atoms with van der Waals surface area (Å²) in [6.45, 7) is 0.150. The molecule has 7 nitrogen and oxygen atoms in total. The fourth-order valence-corrected chi connectivity index (χ4v) is 3.19. The van der Waals surface area contributed by atoms with Crippen LogP contribution in [0.2, 0.25) is 0 Å². The zero-order valence-electron chi connectivity index (χ0n) is 15.6. The number of anilines is 1. The van der Waals surface area contributed by atoms with E-state index in [4.69, 9.17) is 4.74 Å². The van der Waals surface area contributed by atoms with Crippen molar-refractivity contribution in [2.45, 2.75) is 6.54 Å². The Kier molecular flexibility index (Phi) is 4.78. The van der Waals surface area contributed by atoms with Crippen molar-refractivity contribution >= 4 is 23.4 Å². The first-order valence-corrected chi connectivity index (χ1v) is 8.92. The number of ether oxygens (including phenoxy) is 1. The molecule has 3 amide bonds. The number of carbonyl (C=O) groups is 3. The summed E-state index contributed by atoms with van der Waals surface area (Å²) in [4.78, 5) is 43.2. The summed E-state index contributed by atoms with van der Waals surface area (Å²) in [5.74, 6) is -0.672. The van der Waals surface area contributed by atoms with E-state index in [0.29, 0.717) is 11.4 Å². The van der Waals surface area contributed by atoms with Crippen LogP contribution in [0.3, 0.4) is 0 Å². The molecule has 4 rings (SSSR count). The summed E-state index contributed by atoms with van der Waals surface area (Å²) in [7, 11) is 1.52. The second kappa shape index (κ2) is 7.55. The maximum absolute atomic E-state index is 12.8. The molecule has 2 heterocycles. The van der Waals surface area contributed by atoms with Gasteiger partial charge < -0.3 is 10.1 Å². The fourth-order valence-electron chi connectivity index (χ4n) is 3.19. The topological polar surface area (TPSA) is 88.6 Å². The SMILES string of the molecule is COc1ccccc1NC(=O)c1ccc2c(c1)C(=O)N(Cc1ccncc1)C2=O. The van der Waals surface area contributed by atoms with Crippen molar-refractivity contribution in [3.05, 3.63) is 89.2 Å². The smallest absolute Gasteiger partial charge is 0.261 e. The third-order valence-corrected chi connectivity index (χ3v) is 4.68. The summed E-state index contributed by atoms with van der Waals surface area (Å²) in [5, 5.41) is 2.77. The third kappa shape index (κ3) is 3.45. The van der Waals surface area contributed by atoms with E-state index in [-0.39, 0.29) is 29.1 Å². The van der Waals surface area contributed by atoms with Gasteiger partial charge in [0.05, 0.1) is 30.5 Å². The molecule has 1 aliphatic heterocycles. The number of para-hydroxylation sites is 2. The van der Waals surface area contributed by atoms with Crippen LogP contribution >= 0.6 is 0 Å². The highest BCUT2D eigenvalue weighted by Crippen LogP contribution is 2.27. The Labute approximate surface area is 166 Å². The highest BCUT2D eigenvalue weighted by molar-refractivity contribution is 6.22. The van der Waals surface area contributed by atoms with Gasteiger partial charge in [-0.05, 0) is 48.0 Å². The Morgan fingerprint density at radius 2 is 1.72 bits per heavy atom. The Hall–Kier alpha value is -4.00. The number of rotatable bonds is 5. The minimum atomic E-state index is -0.422. The van der Waals surface area contributed by atoms with Crippen molar-refractivity contribution in [2.75, 3.05) is 12.4 Å². The molecule has 3 aromatic rings. The van der Waals surface area contributed by atoms with Gasteiger partial charge in [0.1, 0.15) is 5.75 Å². The Morgan fingerprint density at radius 1 is 1.00 bits per heavy atom. The summed E-state index contributed by atoms with van der Waals surface area (Å²) in [6, 6.07) is 15.0. The first-order valence-electron chi connectivity index (χ1n) is 8.92. The normalized spacial score (nSPS) is 12.7. The van der Waals surface area contributed by atoms with Crippen LogP contribution in [0.15, 0.2) is 67.0 Å². The molecule has 0 saturated carbocycles. The Bertz CT molecular complexity index is 1110. The highest BCUT2D eigenvalue weighted by Gasteiger charge is 2.36. The molecule has 2 aromatic carbocycles. The van der Waals surface area contributed by atoms with Crippen LogP contribution in [-0.2, 0) is 6.54 Å². The number of methoxy groups -OCH3 is 1. The molecule has 0 bridgehead atoms. The van der Waals surface area contributed by atoms with Crippen molar-refractivity contribution in [3.8, 4) is 5.75 Å². The van der Waals surface area contributed by atoms with Crippen LogP contribution in [0, 0.1) is 0 Å². The number of carbonyl (C=O) groups excluding carboxylic acids is 3. The van der Waals surface area contributed by atoms with Gasteiger partial charge in [-0.3, -0.25) is 24.3 Å². The third-order valence-electron chi connectivity index (χ3n) is 4.68. The fraction of sp³-hybridized carbons (Fsp3) is 0.0909. The van der Waals surface area contributed by atoms with E-state index in [0.717, 1.165) is 5.56 Å². The predicted molar refractivity (Wildman–Crippen MR) is 106 cm³/mol. The number of amides is 3. The van der Waals surface area contributed by atoms with Gasteiger partial charge in [-0.1, -0.05) is 12.1 Å². The lowest BCUT2D eigenvalue weighted by Crippen LogP contribution is -2.29. The number of fused-ring (bicyclic) bond motifs is 1. The number of pyridine rings is 1. The first-order chi connectivity index (χ1) is 14.1. The lowest BCUT2D eigenvalue weighted by Gasteiger charge is -2.13. The lowest BCUT2D eigenvalue weighted by atomic mass is 10.1. The molecule has 0 aliphatic carbocycles. The monoisotopic (exact) mass is 387 g/mol. The number of hydrogen-bond acceptors (Lipinski definition) is 5. The Balaban J connectivity index is 1.58. The van der Waals surface area contributed by atoms with Crippen molar-refractivity contribution < 1.29 is 19.1 Å². The van der Waals surface area contributed by atoms with Gasteiger partial charge in [-0.25, -0.2) is 0 Å². The van der Waals surface area contributed by atoms with Crippen molar-refractivity contribution in [1.82, 2.24) is 9.88 Å². The number of hydrogen-bond donors (Lipinski definition) is 1. The molecule has 0 atom stereocenters. The number of nitrogens with one attached hydrogen (secondary N) is 1. The molecule has 144 valence electrons. The Morgan fingerprint density at radius 3 is 2.48 bits per heavy atom. The first kappa shape index (κ1) is 18.4. The number of benzene rings is 2. The van der Waals surface area contributed by atoms with Gasteiger partial charge in [0, 0.05) is 18.0 Å². The highest BCUT2D eigenvalue weighted by atomic mass is 16.5. The maximum Gasteiger partial charge on any atom is 0.261 e. The quantitative estimate of drug-likeness (QED) is 0.680. The summed E-state index contributed by atoms with van der Waals surface area (Å²) < 4.78 is 5.23. The van der Waals surface area contributed by atoms with Gasteiger partial charge in [0.15, 0.2) is 0 Å². The molecule has 0 unspecified atom stereocenters. The van der Waals surface area contributed by atoms with Crippen molar-refractivity contribution in [1.29, 1.82) is 0 Å². The van der Waals surface area contributed by atoms with Crippen LogP contribution in [0.1, 0.15) is 36.6 Å². The molecule has 29 heavy (non-hydrogen) atoms. The number of aromatic nitrogens is 1. The molecule has 1 aromatic heterocycles. The van der Waals surface area contributed by atoms with Crippen LogP contribution < -0.4 is 10.1 Å². The summed E-state index contributed by atoms with van der Waals surface area (Å²) in [6.07, 6.45) is 3.21. The van der Waals surface area contributed by atoms with Crippen LogP contribution in [-0.4, -0.2) is 34.7 Å². The van der Waals surface area contributed by atoms with E-state index in [1.54, 1.807) is 48.8 Å². The maximum atomic E-state index is 12.8. The number of nitrogens with zero attached hydrogens (tertiary/aromatic N) is 2. The van der Waals surface area contributed by atoms with Gasteiger partial charge in [-0.15, -0.1) is 0 Å². The second-order valence-corrected chi connectivity index (χ2v) is 6.47. The summed E-state index contributed by atoms with van der Waals surface area (Å²) >= 11 is 0. The second-order valence-electron chi connectivity index (χ2n) is 6.47. The minimum Gasteiger partial charge on any atom is -0.495 e. The number of imide groups is 1. The molecular weight excluding hydrogens is 370 g/mol. The standard InChI is InChI=1S/C22H17N3O4/c1-29-19-5-3-2-4-18(19)24-20(26)15-6-7-16-17(12-15)22(28)25(21(16)27)13-14-8-10-23-11-9-14/h2-12H,13H2,1H3,(H,24,26). The van der Waals surface area contributed by atoms with Crippen LogP contribution in [0.25, 0.3) is 0 Å². The average molecular weight is 387 g/mol. The van der Waals surface area contributed by atoms with E-state index in [9.17, 15) is 14.4 Å². The van der Waals surface area contributed by atoms with Crippen LogP contribution in [0.5, 0.6) is 5.75 Å². The predicted octanol–water partition coefficient (Wildman–Crippen LogP) is 3.14. The lowest BCUT2D eigenvalue weighted by molar-refractivity contribution is 0.0642. The van der Waals surface area contributed by atoms with Crippen molar-refractivity contribution in [2.24, 2.45) is 0 Å². The van der Waals surface area contributed by atoms with Gasteiger partial charge in [-0.2, -0.15) is 0 Å². The van der Waals surface area contributed by atoms with Crippen LogP contribution in [0.4, 0.5) is 5.69 Å².